The molecule has 0 unspecified atom stereocenters. The fourth-order valence-electron chi connectivity index (χ4n) is 4.88. The molecule has 9 heteroatoms. The summed E-state index contributed by atoms with van der Waals surface area (Å²) in [7, 11) is 0. The van der Waals surface area contributed by atoms with Gasteiger partial charge in [-0.1, -0.05) is 29.8 Å². The van der Waals surface area contributed by atoms with Crippen LogP contribution in [0.1, 0.15) is 31.2 Å². The molecule has 8 nitrogen and oxygen atoms in total. The lowest BCUT2D eigenvalue weighted by Gasteiger charge is -2.39. The Kier molecular flexibility index (Phi) is 4.62. The molecule has 2 saturated heterocycles. The number of piperidine rings is 1. The number of aromatic nitrogens is 1. The second-order valence-electron chi connectivity index (χ2n) is 8.43. The molecule has 4 N–H and O–H groups in total. The van der Waals surface area contributed by atoms with Crippen molar-refractivity contribution < 1.29 is 14.4 Å². The Morgan fingerprint density at radius 2 is 1.81 bits per heavy atom. The van der Waals surface area contributed by atoms with Gasteiger partial charge in [-0.2, -0.15) is 0 Å². The Morgan fingerprint density at radius 1 is 1.03 bits per heavy atom. The maximum Gasteiger partial charge on any atom is 0.233 e. The number of pyridine rings is 1. The van der Waals surface area contributed by atoms with E-state index in [2.05, 4.69) is 20.5 Å². The number of nitrogens with two attached hydrogens (primary N) is 1. The third kappa shape index (κ3) is 3.22. The van der Waals surface area contributed by atoms with Crippen LogP contribution in [0, 0.1) is 5.41 Å². The Labute approximate surface area is 184 Å². The molecule has 31 heavy (non-hydrogen) atoms. The van der Waals surface area contributed by atoms with Crippen LogP contribution < -0.4 is 21.3 Å². The first-order valence-electron chi connectivity index (χ1n) is 10.3. The van der Waals surface area contributed by atoms with E-state index < -0.39 is 5.41 Å². The van der Waals surface area contributed by atoms with E-state index in [0.717, 1.165) is 28.1 Å². The molecule has 160 valence electrons. The summed E-state index contributed by atoms with van der Waals surface area (Å²) in [6, 6.07) is 5.90. The maximum atomic E-state index is 12.4. The number of rotatable bonds is 2. The topological polar surface area (TPSA) is 117 Å². The number of nitrogens with one attached hydrogen (secondary N) is 2. The predicted octanol–water partition coefficient (Wildman–Crippen LogP) is 2.50. The molecule has 3 aliphatic rings. The zero-order valence-corrected chi connectivity index (χ0v) is 17.6. The number of benzene rings is 1. The van der Waals surface area contributed by atoms with Crippen LogP contribution in [0.4, 0.5) is 17.2 Å². The van der Waals surface area contributed by atoms with Crippen molar-refractivity contribution in [3.8, 4) is 11.1 Å². The number of carbonyl (C=O) groups is 3. The van der Waals surface area contributed by atoms with Gasteiger partial charge in [0.15, 0.2) is 0 Å². The summed E-state index contributed by atoms with van der Waals surface area (Å²) < 4.78 is 0. The Hall–Kier alpha value is -3.13. The number of fused-ring (bicyclic) bond motifs is 1. The molecule has 0 atom stereocenters. The molecule has 1 spiro atoms. The standard InChI is InChI=1S/C22H22ClN5O3/c23-17-19(28-8-6-22(7-9-28)10-16(30)27-21(22)31)14(11-25-20(17)24)13-3-1-2-12-4-5-15(29)26-18(12)13/h1-3,11H,4-10H2,(H2,24,25)(H,26,29)(H,27,30,31). The molecule has 0 radical (unpaired) electrons. The number of amides is 3. The van der Waals surface area contributed by atoms with Gasteiger partial charge in [0.2, 0.25) is 17.7 Å². The summed E-state index contributed by atoms with van der Waals surface area (Å²) in [6.07, 6.45) is 4.15. The largest absolute Gasteiger partial charge is 0.382 e. The Morgan fingerprint density at radius 3 is 2.52 bits per heavy atom. The normalized spacial score (nSPS) is 19.9. The highest BCUT2D eigenvalue weighted by Gasteiger charge is 2.48. The molecule has 5 rings (SSSR count). The smallest absolute Gasteiger partial charge is 0.233 e. The van der Waals surface area contributed by atoms with E-state index in [0.29, 0.717) is 43.8 Å². The third-order valence-electron chi connectivity index (χ3n) is 6.62. The minimum Gasteiger partial charge on any atom is -0.382 e. The number of halogens is 1. The number of nitrogens with zero attached hydrogens (tertiary/aromatic N) is 2. The number of nitrogen functional groups attached to an aromatic ring is 1. The molecule has 0 aliphatic carbocycles. The number of hydrogen-bond acceptors (Lipinski definition) is 6. The zero-order valence-electron chi connectivity index (χ0n) is 16.8. The van der Waals surface area contributed by atoms with Crippen molar-refractivity contribution in [2.45, 2.75) is 32.1 Å². The van der Waals surface area contributed by atoms with Crippen LogP contribution in [-0.4, -0.2) is 35.8 Å². The van der Waals surface area contributed by atoms with Gasteiger partial charge < -0.3 is 16.0 Å². The van der Waals surface area contributed by atoms with Crippen LogP contribution in [0.3, 0.4) is 0 Å². The van der Waals surface area contributed by atoms with Crippen LogP contribution in [0.15, 0.2) is 24.4 Å². The van der Waals surface area contributed by atoms with Crippen molar-refractivity contribution in [2.75, 3.05) is 29.0 Å². The van der Waals surface area contributed by atoms with Crippen molar-refractivity contribution in [1.29, 1.82) is 0 Å². The van der Waals surface area contributed by atoms with Gasteiger partial charge >= 0.3 is 0 Å². The van der Waals surface area contributed by atoms with Crippen LogP contribution >= 0.6 is 11.6 Å². The highest BCUT2D eigenvalue weighted by atomic mass is 35.5. The van der Waals surface area contributed by atoms with Crippen molar-refractivity contribution in [1.82, 2.24) is 10.3 Å². The quantitative estimate of drug-likeness (QED) is 0.619. The van der Waals surface area contributed by atoms with Crippen molar-refractivity contribution in [3.05, 3.63) is 35.0 Å². The summed E-state index contributed by atoms with van der Waals surface area (Å²) in [6.45, 7) is 1.11. The summed E-state index contributed by atoms with van der Waals surface area (Å²) in [4.78, 5) is 42.5. The van der Waals surface area contributed by atoms with E-state index >= 15 is 0 Å². The summed E-state index contributed by atoms with van der Waals surface area (Å²) in [5.74, 6) is -0.189. The van der Waals surface area contributed by atoms with E-state index in [4.69, 9.17) is 17.3 Å². The van der Waals surface area contributed by atoms with E-state index in [-0.39, 0.29) is 30.0 Å². The SMILES string of the molecule is Nc1ncc(-c2cccc3c2NC(=O)CC3)c(N2CCC3(CC2)CC(=O)NC3=O)c1Cl. The lowest BCUT2D eigenvalue weighted by Crippen LogP contribution is -2.44. The second kappa shape index (κ2) is 7.23. The van der Waals surface area contributed by atoms with Crippen LogP contribution in [0.2, 0.25) is 5.02 Å². The molecule has 3 aliphatic heterocycles. The molecular formula is C22H22ClN5O3. The molecule has 3 amide bonds. The van der Waals surface area contributed by atoms with E-state index in [1.807, 2.05) is 18.2 Å². The number of carbonyl (C=O) groups excluding carboxylic acids is 3. The lowest BCUT2D eigenvalue weighted by molar-refractivity contribution is -0.129. The first kappa shape index (κ1) is 19.8. The van der Waals surface area contributed by atoms with Crippen molar-refractivity contribution in [3.63, 3.8) is 0 Å². The summed E-state index contributed by atoms with van der Waals surface area (Å²) >= 11 is 6.65. The number of imide groups is 1. The fourth-order valence-corrected chi connectivity index (χ4v) is 5.15. The van der Waals surface area contributed by atoms with Gasteiger partial charge in [-0.25, -0.2) is 4.98 Å². The molecule has 2 fully saturated rings. The Bertz CT molecular complexity index is 1120. The highest BCUT2D eigenvalue weighted by Crippen LogP contribution is 2.46. The van der Waals surface area contributed by atoms with Gasteiger partial charge in [0, 0.05) is 43.3 Å². The highest BCUT2D eigenvalue weighted by molar-refractivity contribution is 6.36. The van der Waals surface area contributed by atoms with Gasteiger partial charge in [-0.05, 0) is 24.8 Å². The molecule has 4 heterocycles. The number of hydrogen-bond donors (Lipinski definition) is 3. The molecule has 0 saturated carbocycles. The van der Waals surface area contributed by atoms with E-state index in [1.54, 1.807) is 6.20 Å². The third-order valence-corrected chi connectivity index (χ3v) is 6.99. The van der Waals surface area contributed by atoms with Crippen LogP contribution in [0.25, 0.3) is 11.1 Å². The monoisotopic (exact) mass is 439 g/mol. The molecule has 0 bridgehead atoms. The van der Waals surface area contributed by atoms with E-state index in [1.165, 1.54) is 0 Å². The minimum atomic E-state index is -0.640. The number of anilines is 3. The van der Waals surface area contributed by atoms with Crippen LogP contribution in [-0.2, 0) is 20.8 Å². The van der Waals surface area contributed by atoms with Gasteiger partial charge in [0.25, 0.3) is 0 Å². The second-order valence-corrected chi connectivity index (χ2v) is 8.81. The van der Waals surface area contributed by atoms with Gasteiger partial charge in [-0.15, -0.1) is 0 Å². The Balaban J connectivity index is 1.55. The molecular weight excluding hydrogens is 418 g/mol. The maximum absolute atomic E-state index is 12.4. The van der Waals surface area contributed by atoms with Crippen LogP contribution in [0.5, 0.6) is 0 Å². The number of aryl methyl sites for hydroxylation is 1. The molecule has 2 aromatic rings. The first-order chi connectivity index (χ1) is 14.9. The fraction of sp³-hybridized carbons (Fsp3) is 0.364. The van der Waals surface area contributed by atoms with E-state index in [9.17, 15) is 14.4 Å². The average Bonchev–Trinajstić information content (AvgIpc) is 3.03. The van der Waals surface area contributed by atoms with Gasteiger partial charge in [0.05, 0.1) is 16.8 Å². The van der Waals surface area contributed by atoms with Gasteiger partial charge in [-0.3, -0.25) is 19.7 Å². The average molecular weight is 440 g/mol. The summed E-state index contributed by atoms with van der Waals surface area (Å²) in [5, 5.41) is 5.77. The zero-order chi connectivity index (χ0) is 21.8. The summed E-state index contributed by atoms with van der Waals surface area (Å²) in [5.41, 5.74) is 9.59. The lowest BCUT2D eigenvalue weighted by atomic mass is 9.77. The molecule has 1 aromatic heterocycles. The van der Waals surface area contributed by atoms with Crippen molar-refractivity contribution in [2.24, 2.45) is 5.41 Å². The predicted molar refractivity (Wildman–Crippen MR) is 118 cm³/mol. The number of para-hydroxylation sites is 1. The minimum absolute atomic E-state index is 0.0205. The van der Waals surface area contributed by atoms with Crippen molar-refractivity contribution >= 4 is 46.5 Å². The first-order valence-corrected chi connectivity index (χ1v) is 10.7. The van der Waals surface area contributed by atoms with Gasteiger partial charge in [0.1, 0.15) is 10.8 Å². The molecule has 1 aromatic carbocycles.